The first-order valence-corrected chi connectivity index (χ1v) is 10.3. The summed E-state index contributed by atoms with van der Waals surface area (Å²) in [5.74, 6) is 1.36. The molecule has 0 radical (unpaired) electrons. The molecule has 0 fully saturated rings. The highest BCUT2D eigenvalue weighted by Crippen LogP contribution is 2.37. The van der Waals surface area contributed by atoms with Gasteiger partial charge in [0.15, 0.2) is 0 Å². The molecule has 2 heterocycles. The molecule has 5 aromatic rings. The number of ether oxygens (including phenoxy) is 1. The summed E-state index contributed by atoms with van der Waals surface area (Å²) < 4.78 is 6.10. The van der Waals surface area contributed by atoms with Gasteiger partial charge in [-0.15, -0.1) is 11.3 Å². The number of aromatic nitrogens is 2. The maximum absolute atomic E-state index is 6.10. The van der Waals surface area contributed by atoms with Crippen LogP contribution >= 0.6 is 11.3 Å². The molecule has 140 valence electrons. The Morgan fingerprint density at radius 2 is 1.41 bits per heavy atom. The molecule has 29 heavy (non-hydrogen) atoms. The minimum Gasteiger partial charge on any atom is -0.438 e. The number of fused-ring (bicyclic) bond motifs is 1. The number of benzene rings is 3. The van der Waals surface area contributed by atoms with Crippen LogP contribution < -0.4 is 4.74 Å². The van der Waals surface area contributed by atoms with Gasteiger partial charge in [0.05, 0.1) is 5.39 Å². The van der Waals surface area contributed by atoms with Crippen molar-refractivity contribution >= 4 is 21.6 Å². The van der Waals surface area contributed by atoms with Gasteiger partial charge in [-0.25, -0.2) is 9.97 Å². The van der Waals surface area contributed by atoms with Crippen molar-refractivity contribution in [2.45, 2.75) is 6.42 Å². The molecule has 3 nitrogen and oxygen atoms in total. The van der Waals surface area contributed by atoms with Crippen LogP contribution in [0.2, 0.25) is 0 Å². The summed E-state index contributed by atoms with van der Waals surface area (Å²) in [7, 11) is 0. The summed E-state index contributed by atoms with van der Waals surface area (Å²) >= 11 is 1.65. The maximum atomic E-state index is 6.10. The molecule has 0 unspecified atom stereocenters. The van der Waals surface area contributed by atoms with Gasteiger partial charge >= 0.3 is 0 Å². The van der Waals surface area contributed by atoms with E-state index >= 15 is 0 Å². The van der Waals surface area contributed by atoms with Crippen molar-refractivity contribution in [3.05, 3.63) is 108 Å². The van der Waals surface area contributed by atoms with Gasteiger partial charge in [0.25, 0.3) is 0 Å². The second-order valence-electron chi connectivity index (χ2n) is 6.78. The zero-order valence-corrected chi connectivity index (χ0v) is 16.5. The minimum absolute atomic E-state index is 0.587. The monoisotopic (exact) mass is 394 g/mol. The lowest BCUT2D eigenvalue weighted by molar-refractivity contribution is 0.468. The second-order valence-corrected chi connectivity index (χ2v) is 7.81. The molecule has 0 atom stereocenters. The van der Waals surface area contributed by atoms with E-state index in [4.69, 9.17) is 4.74 Å². The van der Waals surface area contributed by atoms with Crippen LogP contribution in [0.1, 0.15) is 11.1 Å². The van der Waals surface area contributed by atoms with Gasteiger partial charge in [0.1, 0.15) is 16.9 Å². The van der Waals surface area contributed by atoms with Crippen molar-refractivity contribution in [1.82, 2.24) is 9.97 Å². The molecule has 5 rings (SSSR count). The molecular weight excluding hydrogens is 376 g/mol. The lowest BCUT2D eigenvalue weighted by Crippen LogP contribution is -1.91. The zero-order valence-electron chi connectivity index (χ0n) is 15.7. The average molecular weight is 394 g/mol. The van der Waals surface area contributed by atoms with Crippen molar-refractivity contribution in [1.29, 1.82) is 0 Å². The van der Waals surface area contributed by atoms with Gasteiger partial charge in [-0.1, -0.05) is 72.8 Å². The fourth-order valence-corrected chi connectivity index (χ4v) is 4.27. The first-order valence-electron chi connectivity index (χ1n) is 9.46. The van der Waals surface area contributed by atoms with E-state index in [2.05, 4.69) is 64.6 Å². The van der Waals surface area contributed by atoms with Crippen LogP contribution in [0.4, 0.5) is 0 Å². The van der Waals surface area contributed by atoms with Crippen LogP contribution in [-0.4, -0.2) is 9.97 Å². The standard InChI is InChI=1S/C25H18N2OS/c1-3-7-18(8-4-1)15-19-11-13-21(14-12-19)28-24-22-16-23(20-9-5-2-6-10-20)29-25(22)27-17-26-24/h1-14,16-17H,15H2. The summed E-state index contributed by atoms with van der Waals surface area (Å²) in [6.07, 6.45) is 2.47. The quantitative estimate of drug-likeness (QED) is 0.331. The number of thiophene rings is 1. The number of nitrogens with zero attached hydrogens (tertiary/aromatic N) is 2. The fraction of sp³-hybridized carbons (Fsp3) is 0.0400. The van der Waals surface area contributed by atoms with Gasteiger partial charge < -0.3 is 4.74 Å². The first-order chi connectivity index (χ1) is 14.3. The Balaban J connectivity index is 1.39. The van der Waals surface area contributed by atoms with E-state index in [1.165, 1.54) is 16.7 Å². The summed E-state index contributed by atoms with van der Waals surface area (Å²) in [5.41, 5.74) is 3.72. The molecule has 0 aliphatic rings. The molecule has 0 N–H and O–H groups in total. The molecular formula is C25H18N2OS. The Labute approximate surface area is 173 Å². The lowest BCUT2D eigenvalue weighted by Gasteiger charge is -2.07. The Hall–Kier alpha value is -3.50. The third kappa shape index (κ3) is 3.89. The van der Waals surface area contributed by atoms with Gasteiger partial charge in [0.2, 0.25) is 5.88 Å². The number of hydrogen-bond acceptors (Lipinski definition) is 4. The van der Waals surface area contributed by atoms with Crippen LogP contribution in [0, 0.1) is 0 Å². The van der Waals surface area contributed by atoms with Crippen molar-refractivity contribution < 1.29 is 4.74 Å². The molecule has 2 aromatic heterocycles. The summed E-state index contributed by atoms with van der Waals surface area (Å²) in [5, 5.41) is 0.935. The lowest BCUT2D eigenvalue weighted by atomic mass is 10.1. The van der Waals surface area contributed by atoms with E-state index in [9.17, 15) is 0 Å². The molecule has 0 saturated carbocycles. The third-order valence-electron chi connectivity index (χ3n) is 4.74. The van der Waals surface area contributed by atoms with Crippen molar-refractivity contribution in [3.8, 4) is 22.1 Å². The van der Waals surface area contributed by atoms with Crippen LogP contribution in [0.5, 0.6) is 11.6 Å². The van der Waals surface area contributed by atoms with E-state index in [1.54, 1.807) is 17.7 Å². The highest BCUT2D eigenvalue weighted by atomic mass is 32.1. The predicted octanol–water partition coefficient (Wildman–Crippen LogP) is 6.74. The van der Waals surface area contributed by atoms with Crippen LogP contribution in [0.25, 0.3) is 20.7 Å². The normalized spacial score (nSPS) is 10.9. The molecule has 0 aliphatic carbocycles. The van der Waals surface area contributed by atoms with E-state index in [1.807, 2.05) is 36.4 Å². The molecule has 0 amide bonds. The fourth-order valence-electron chi connectivity index (χ4n) is 3.28. The second kappa shape index (κ2) is 7.86. The van der Waals surface area contributed by atoms with Crippen LogP contribution in [-0.2, 0) is 6.42 Å². The van der Waals surface area contributed by atoms with E-state index in [-0.39, 0.29) is 0 Å². The van der Waals surface area contributed by atoms with Crippen molar-refractivity contribution in [3.63, 3.8) is 0 Å². The highest BCUT2D eigenvalue weighted by molar-refractivity contribution is 7.21. The zero-order chi connectivity index (χ0) is 19.5. The Morgan fingerprint density at radius 3 is 2.17 bits per heavy atom. The Morgan fingerprint density at radius 1 is 0.724 bits per heavy atom. The number of hydrogen-bond donors (Lipinski definition) is 0. The molecule has 0 aliphatic heterocycles. The number of rotatable bonds is 5. The van der Waals surface area contributed by atoms with Crippen molar-refractivity contribution in [2.75, 3.05) is 0 Å². The highest BCUT2D eigenvalue weighted by Gasteiger charge is 2.12. The van der Waals surface area contributed by atoms with Gasteiger partial charge in [-0.3, -0.25) is 0 Å². The van der Waals surface area contributed by atoms with E-state index in [0.29, 0.717) is 5.88 Å². The Bertz CT molecular complexity index is 1230. The van der Waals surface area contributed by atoms with E-state index < -0.39 is 0 Å². The van der Waals surface area contributed by atoms with Gasteiger partial charge in [0, 0.05) is 4.88 Å². The molecule has 0 spiro atoms. The minimum atomic E-state index is 0.587. The Kier molecular flexibility index (Phi) is 4.76. The molecule has 0 saturated heterocycles. The first kappa shape index (κ1) is 17.6. The SMILES string of the molecule is c1ccc(Cc2ccc(Oc3ncnc4sc(-c5ccccc5)cc34)cc2)cc1. The maximum Gasteiger partial charge on any atom is 0.231 e. The average Bonchev–Trinajstić information content (AvgIpc) is 3.22. The summed E-state index contributed by atoms with van der Waals surface area (Å²) in [6, 6.07) is 31.1. The molecule has 4 heteroatoms. The summed E-state index contributed by atoms with van der Waals surface area (Å²) in [4.78, 5) is 10.9. The molecule has 3 aromatic carbocycles. The van der Waals surface area contributed by atoms with Gasteiger partial charge in [-0.2, -0.15) is 0 Å². The van der Waals surface area contributed by atoms with Crippen LogP contribution in [0.15, 0.2) is 97.3 Å². The summed E-state index contributed by atoms with van der Waals surface area (Å²) in [6.45, 7) is 0. The smallest absolute Gasteiger partial charge is 0.231 e. The van der Waals surface area contributed by atoms with E-state index in [0.717, 1.165) is 27.3 Å². The van der Waals surface area contributed by atoms with Crippen LogP contribution in [0.3, 0.4) is 0 Å². The van der Waals surface area contributed by atoms with Gasteiger partial charge in [-0.05, 0) is 41.3 Å². The predicted molar refractivity (Wildman–Crippen MR) is 119 cm³/mol. The van der Waals surface area contributed by atoms with Crippen molar-refractivity contribution in [2.24, 2.45) is 0 Å². The third-order valence-corrected chi connectivity index (χ3v) is 5.83. The molecule has 0 bridgehead atoms. The largest absolute Gasteiger partial charge is 0.438 e. The topological polar surface area (TPSA) is 35.0 Å².